The van der Waals surface area contributed by atoms with Crippen LogP contribution in [0.3, 0.4) is 0 Å². The molecule has 0 amide bonds. The second-order valence-corrected chi connectivity index (χ2v) is 4.52. The number of nitrogens with one attached hydrogen (secondary N) is 1. The largest absolute Gasteiger partial charge is 0.276 e. The highest BCUT2D eigenvalue weighted by Gasteiger charge is 2.06. The van der Waals surface area contributed by atoms with Crippen LogP contribution in [0, 0.1) is 5.92 Å². The summed E-state index contributed by atoms with van der Waals surface area (Å²) in [5.41, 5.74) is 1.73. The minimum Gasteiger partial charge on any atom is -0.276 e. The maximum atomic E-state index is 11.7. The molecule has 0 atom stereocenters. The van der Waals surface area contributed by atoms with Crippen LogP contribution in [0.4, 0.5) is 0 Å². The molecule has 0 unspecified atom stereocenters. The van der Waals surface area contributed by atoms with Crippen LogP contribution in [-0.2, 0) is 12.8 Å². The number of aryl methyl sites for hydroxylation is 1. The standard InChI is InChI=1S/C12H17N3O/c1-4-9-6-11-13-10(5-8(2)3)14-15(11)12(16)7-9/h6-8H,4-5H2,1-3H3,(H,13,14). The summed E-state index contributed by atoms with van der Waals surface area (Å²) in [6.45, 7) is 6.30. The van der Waals surface area contributed by atoms with Crippen LogP contribution in [0.2, 0.25) is 0 Å². The number of pyridine rings is 1. The van der Waals surface area contributed by atoms with E-state index < -0.39 is 0 Å². The predicted octanol–water partition coefficient (Wildman–Crippen LogP) is 1.78. The van der Waals surface area contributed by atoms with E-state index in [1.807, 2.05) is 13.0 Å². The molecule has 0 spiro atoms. The minimum absolute atomic E-state index is 0.0307. The first-order chi connectivity index (χ1) is 7.60. The number of fused-ring (bicyclic) bond motifs is 1. The van der Waals surface area contributed by atoms with Crippen molar-refractivity contribution in [3.63, 3.8) is 0 Å². The van der Waals surface area contributed by atoms with E-state index in [4.69, 9.17) is 0 Å². The number of nitrogens with zero attached hydrogens (tertiary/aromatic N) is 2. The van der Waals surface area contributed by atoms with Crippen LogP contribution in [0.25, 0.3) is 5.65 Å². The molecule has 86 valence electrons. The Kier molecular flexibility index (Phi) is 2.81. The highest BCUT2D eigenvalue weighted by molar-refractivity contribution is 5.40. The molecule has 0 saturated heterocycles. The van der Waals surface area contributed by atoms with Gasteiger partial charge in [0, 0.05) is 12.5 Å². The lowest BCUT2D eigenvalue weighted by Crippen LogP contribution is -2.13. The molecule has 0 aliphatic rings. The number of hydrogen-bond acceptors (Lipinski definition) is 2. The van der Waals surface area contributed by atoms with Crippen molar-refractivity contribution in [2.24, 2.45) is 5.92 Å². The zero-order chi connectivity index (χ0) is 11.7. The summed E-state index contributed by atoms with van der Waals surface area (Å²) in [7, 11) is 0. The Balaban J connectivity index is 2.52. The van der Waals surface area contributed by atoms with Crippen LogP contribution < -0.4 is 5.56 Å². The molecule has 0 bridgehead atoms. The highest BCUT2D eigenvalue weighted by Crippen LogP contribution is 2.06. The van der Waals surface area contributed by atoms with Gasteiger partial charge in [0.25, 0.3) is 5.56 Å². The second-order valence-electron chi connectivity index (χ2n) is 4.52. The van der Waals surface area contributed by atoms with Crippen molar-refractivity contribution in [3.8, 4) is 0 Å². The Morgan fingerprint density at radius 2 is 2.19 bits per heavy atom. The SMILES string of the molecule is CCc1cc(=O)n2[nH]c(CC(C)C)nc2c1. The molecule has 2 heterocycles. The first kappa shape index (κ1) is 10.9. The van der Waals surface area contributed by atoms with Gasteiger partial charge in [0.1, 0.15) is 5.82 Å². The quantitative estimate of drug-likeness (QED) is 0.855. The molecule has 2 aromatic rings. The number of aromatic amines is 1. The van der Waals surface area contributed by atoms with Crippen LogP contribution >= 0.6 is 0 Å². The zero-order valence-corrected chi connectivity index (χ0v) is 9.95. The third kappa shape index (κ3) is 2.01. The average Bonchev–Trinajstić information content (AvgIpc) is 2.59. The molecule has 16 heavy (non-hydrogen) atoms. The predicted molar refractivity (Wildman–Crippen MR) is 63.7 cm³/mol. The first-order valence-corrected chi connectivity index (χ1v) is 5.70. The van der Waals surface area contributed by atoms with Gasteiger partial charge in [0.05, 0.1) is 0 Å². The van der Waals surface area contributed by atoms with E-state index in [2.05, 4.69) is 23.9 Å². The lowest BCUT2D eigenvalue weighted by atomic mass is 10.1. The van der Waals surface area contributed by atoms with E-state index in [-0.39, 0.29) is 5.56 Å². The minimum atomic E-state index is -0.0307. The molecule has 4 nitrogen and oxygen atoms in total. The van der Waals surface area contributed by atoms with Crippen molar-refractivity contribution in [3.05, 3.63) is 33.9 Å². The molecule has 0 radical (unpaired) electrons. The van der Waals surface area contributed by atoms with Gasteiger partial charge in [-0.15, -0.1) is 0 Å². The van der Waals surface area contributed by atoms with Crippen molar-refractivity contribution in [2.75, 3.05) is 0 Å². The van der Waals surface area contributed by atoms with Crippen molar-refractivity contribution in [1.29, 1.82) is 0 Å². The van der Waals surface area contributed by atoms with E-state index in [0.717, 1.165) is 29.9 Å². The third-order valence-corrected chi connectivity index (χ3v) is 2.57. The number of aromatic nitrogens is 3. The fourth-order valence-electron chi connectivity index (χ4n) is 1.78. The average molecular weight is 219 g/mol. The van der Waals surface area contributed by atoms with Gasteiger partial charge < -0.3 is 0 Å². The van der Waals surface area contributed by atoms with Crippen LogP contribution in [0.5, 0.6) is 0 Å². The van der Waals surface area contributed by atoms with Gasteiger partial charge in [-0.25, -0.2) is 9.50 Å². The Labute approximate surface area is 94.3 Å². The molecule has 0 aromatic carbocycles. The van der Waals surface area contributed by atoms with E-state index >= 15 is 0 Å². The van der Waals surface area contributed by atoms with E-state index in [1.54, 1.807) is 6.07 Å². The van der Waals surface area contributed by atoms with Gasteiger partial charge >= 0.3 is 0 Å². The van der Waals surface area contributed by atoms with Crippen molar-refractivity contribution >= 4 is 5.65 Å². The van der Waals surface area contributed by atoms with Gasteiger partial charge in [-0.3, -0.25) is 9.89 Å². The van der Waals surface area contributed by atoms with E-state index in [0.29, 0.717) is 5.92 Å². The molecular weight excluding hydrogens is 202 g/mol. The normalized spacial score (nSPS) is 11.5. The van der Waals surface area contributed by atoms with Crippen molar-refractivity contribution in [2.45, 2.75) is 33.6 Å². The molecule has 1 N–H and O–H groups in total. The molecule has 2 rings (SSSR count). The van der Waals surface area contributed by atoms with Crippen molar-refractivity contribution < 1.29 is 0 Å². The molecule has 0 fully saturated rings. The maximum absolute atomic E-state index is 11.7. The fraction of sp³-hybridized carbons (Fsp3) is 0.500. The molecule has 4 heteroatoms. The topological polar surface area (TPSA) is 50.2 Å². The van der Waals surface area contributed by atoms with Crippen LogP contribution in [0.15, 0.2) is 16.9 Å². The molecular formula is C12H17N3O. The summed E-state index contributed by atoms with van der Waals surface area (Å²) in [5, 5.41) is 3.04. The fourth-order valence-corrected chi connectivity index (χ4v) is 1.78. The summed E-state index contributed by atoms with van der Waals surface area (Å²) in [5.74, 6) is 1.40. The van der Waals surface area contributed by atoms with Gasteiger partial charge in [-0.05, 0) is 24.0 Å². The Hall–Kier alpha value is -1.58. The zero-order valence-electron chi connectivity index (χ0n) is 9.95. The molecule has 2 aromatic heterocycles. The lowest BCUT2D eigenvalue weighted by molar-refractivity contribution is 0.619. The third-order valence-electron chi connectivity index (χ3n) is 2.57. The first-order valence-electron chi connectivity index (χ1n) is 5.70. The summed E-state index contributed by atoms with van der Waals surface area (Å²) in [4.78, 5) is 16.2. The number of rotatable bonds is 3. The summed E-state index contributed by atoms with van der Waals surface area (Å²) < 4.78 is 1.51. The lowest BCUT2D eigenvalue weighted by Gasteiger charge is -1.98. The van der Waals surface area contributed by atoms with Crippen LogP contribution in [-0.4, -0.2) is 14.6 Å². The Morgan fingerprint density at radius 1 is 1.44 bits per heavy atom. The van der Waals surface area contributed by atoms with Crippen LogP contribution in [0.1, 0.15) is 32.2 Å². The molecule has 0 saturated carbocycles. The second kappa shape index (κ2) is 4.12. The van der Waals surface area contributed by atoms with Gasteiger partial charge in [0.2, 0.25) is 0 Å². The summed E-state index contributed by atoms with van der Waals surface area (Å²) in [6, 6.07) is 3.62. The van der Waals surface area contributed by atoms with E-state index in [1.165, 1.54) is 4.52 Å². The van der Waals surface area contributed by atoms with Crippen molar-refractivity contribution in [1.82, 2.24) is 14.6 Å². The Bertz CT molecular complexity index is 551. The van der Waals surface area contributed by atoms with E-state index in [9.17, 15) is 4.79 Å². The summed E-state index contributed by atoms with van der Waals surface area (Å²) in [6.07, 6.45) is 1.72. The van der Waals surface area contributed by atoms with Gasteiger partial charge in [-0.1, -0.05) is 20.8 Å². The summed E-state index contributed by atoms with van der Waals surface area (Å²) >= 11 is 0. The monoisotopic (exact) mass is 219 g/mol. The molecule has 0 aliphatic heterocycles. The maximum Gasteiger partial charge on any atom is 0.271 e. The molecule has 0 aliphatic carbocycles. The Morgan fingerprint density at radius 3 is 2.81 bits per heavy atom. The van der Waals surface area contributed by atoms with Gasteiger partial charge in [-0.2, -0.15) is 0 Å². The number of hydrogen-bond donors (Lipinski definition) is 1. The number of H-pyrrole nitrogens is 1. The van der Waals surface area contributed by atoms with Gasteiger partial charge in [0.15, 0.2) is 5.65 Å². The highest BCUT2D eigenvalue weighted by atomic mass is 16.1. The smallest absolute Gasteiger partial charge is 0.271 e.